The van der Waals surface area contributed by atoms with Crippen LogP contribution < -0.4 is 9.47 Å². The van der Waals surface area contributed by atoms with Crippen LogP contribution in [0.5, 0.6) is 17.2 Å². The molecule has 0 spiro atoms. The first-order chi connectivity index (χ1) is 12.9. The zero-order valence-corrected chi connectivity index (χ0v) is 14.1. The van der Waals surface area contributed by atoms with Crippen molar-refractivity contribution in [3.8, 4) is 28.5 Å². The smallest absolute Gasteiger partial charge is 0.146 e. The highest BCUT2D eigenvalue weighted by atomic mass is 16.5. The third-order valence-electron chi connectivity index (χ3n) is 3.88. The predicted octanol–water partition coefficient (Wildman–Crippen LogP) is 5.45. The van der Waals surface area contributed by atoms with Crippen molar-refractivity contribution in [3.63, 3.8) is 0 Å². The van der Waals surface area contributed by atoms with Crippen LogP contribution in [0.1, 0.15) is 5.82 Å². The molecule has 4 aromatic rings. The Bertz CT molecular complexity index is 948. The van der Waals surface area contributed by atoms with Gasteiger partial charge in [-0.25, -0.2) is 4.98 Å². The van der Waals surface area contributed by atoms with E-state index in [0.717, 1.165) is 34.3 Å². The number of ether oxygens (including phenoxy) is 2. The summed E-state index contributed by atoms with van der Waals surface area (Å²) in [5.41, 5.74) is 1.90. The Labute approximate surface area is 152 Å². The van der Waals surface area contributed by atoms with Crippen LogP contribution in [0.2, 0.25) is 0 Å². The molecule has 4 rings (SSSR count). The molecule has 0 fully saturated rings. The minimum Gasteiger partial charge on any atom is -0.486 e. The van der Waals surface area contributed by atoms with Crippen molar-refractivity contribution in [3.05, 3.63) is 97.0 Å². The minimum atomic E-state index is 0.402. The quantitative estimate of drug-likeness (QED) is 0.507. The first-order valence-electron chi connectivity index (χ1n) is 8.42. The van der Waals surface area contributed by atoms with Crippen molar-refractivity contribution < 1.29 is 9.47 Å². The van der Waals surface area contributed by atoms with E-state index < -0.39 is 0 Å². The zero-order valence-electron chi connectivity index (χ0n) is 14.1. The Balaban J connectivity index is 1.41. The largest absolute Gasteiger partial charge is 0.486 e. The number of rotatable bonds is 6. The molecule has 0 unspecified atom stereocenters. The van der Waals surface area contributed by atoms with Crippen LogP contribution in [-0.2, 0) is 6.61 Å². The van der Waals surface area contributed by atoms with Gasteiger partial charge in [0, 0.05) is 11.8 Å². The van der Waals surface area contributed by atoms with Gasteiger partial charge in [0.2, 0.25) is 0 Å². The Hall–Kier alpha value is -3.53. The topological polar surface area (TPSA) is 47.1 Å². The molecule has 0 aliphatic carbocycles. The maximum Gasteiger partial charge on any atom is 0.146 e. The highest BCUT2D eigenvalue weighted by Crippen LogP contribution is 2.25. The van der Waals surface area contributed by atoms with Crippen LogP contribution in [0.3, 0.4) is 0 Å². The molecule has 4 heteroatoms. The molecule has 26 heavy (non-hydrogen) atoms. The molecule has 0 bridgehead atoms. The van der Waals surface area contributed by atoms with Gasteiger partial charge in [0.05, 0.1) is 5.69 Å². The van der Waals surface area contributed by atoms with Gasteiger partial charge in [0.15, 0.2) is 0 Å². The van der Waals surface area contributed by atoms with Crippen LogP contribution in [0.25, 0.3) is 11.3 Å². The van der Waals surface area contributed by atoms with E-state index in [4.69, 9.17) is 9.47 Å². The summed E-state index contributed by atoms with van der Waals surface area (Å²) in [5.74, 6) is 3.23. The monoisotopic (exact) mass is 342 g/mol. The second-order valence-corrected chi connectivity index (χ2v) is 5.77. The molecule has 0 aliphatic rings. The SMILES string of the molecule is c1ccc(OCc2nc(-c3ccc(Oc4ccccc4)cc3)c[nH]2)cc1. The average molecular weight is 342 g/mol. The van der Waals surface area contributed by atoms with Gasteiger partial charge < -0.3 is 14.5 Å². The molecule has 1 heterocycles. The summed E-state index contributed by atoms with van der Waals surface area (Å²) in [6.45, 7) is 0.402. The van der Waals surface area contributed by atoms with Gasteiger partial charge in [-0.15, -0.1) is 0 Å². The maximum absolute atomic E-state index is 5.81. The molecule has 0 saturated heterocycles. The first kappa shape index (κ1) is 16.0. The Morgan fingerprint density at radius 3 is 2.00 bits per heavy atom. The molecular formula is C22H18N2O2. The number of para-hydroxylation sites is 2. The van der Waals surface area contributed by atoms with Crippen molar-refractivity contribution in [1.29, 1.82) is 0 Å². The van der Waals surface area contributed by atoms with E-state index in [9.17, 15) is 0 Å². The Kier molecular flexibility index (Phi) is 4.65. The van der Waals surface area contributed by atoms with E-state index in [2.05, 4.69) is 9.97 Å². The summed E-state index contributed by atoms with van der Waals surface area (Å²) in [6, 6.07) is 27.3. The van der Waals surface area contributed by atoms with Crippen molar-refractivity contribution in [2.45, 2.75) is 6.61 Å². The summed E-state index contributed by atoms with van der Waals surface area (Å²) in [6.07, 6.45) is 1.89. The molecule has 0 amide bonds. The van der Waals surface area contributed by atoms with E-state index in [1.54, 1.807) is 0 Å². The number of hydrogen-bond donors (Lipinski definition) is 1. The summed E-state index contributed by atoms with van der Waals surface area (Å²) in [4.78, 5) is 7.75. The molecule has 3 aromatic carbocycles. The summed E-state index contributed by atoms with van der Waals surface area (Å²) < 4.78 is 11.5. The third-order valence-corrected chi connectivity index (χ3v) is 3.88. The zero-order chi connectivity index (χ0) is 17.6. The number of aromatic amines is 1. The lowest BCUT2D eigenvalue weighted by molar-refractivity contribution is 0.297. The van der Waals surface area contributed by atoms with Crippen molar-refractivity contribution in [1.82, 2.24) is 9.97 Å². The molecular weight excluding hydrogens is 324 g/mol. The molecule has 1 N–H and O–H groups in total. The lowest BCUT2D eigenvalue weighted by Crippen LogP contribution is -1.97. The van der Waals surface area contributed by atoms with Gasteiger partial charge in [-0.05, 0) is 48.5 Å². The van der Waals surface area contributed by atoms with E-state index in [1.165, 1.54) is 0 Å². The predicted molar refractivity (Wildman–Crippen MR) is 101 cm³/mol. The summed E-state index contributed by atoms with van der Waals surface area (Å²) >= 11 is 0. The van der Waals surface area contributed by atoms with Crippen molar-refractivity contribution in [2.75, 3.05) is 0 Å². The first-order valence-corrected chi connectivity index (χ1v) is 8.42. The fourth-order valence-electron chi connectivity index (χ4n) is 2.57. The molecule has 4 nitrogen and oxygen atoms in total. The van der Waals surface area contributed by atoms with Crippen LogP contribution in [0, 0.1) is 0 Å². The third kappa shape index (κ3) is 3.92. The van der Waals surface area contributed by atoms with E-state index in [0.29, 0.717) is 6.61 Å². The van der Waals surface area contributed by atoms with Crippen LogP contribution in [0.15, 0.2) is 91.1 Å². The lowest BCUT2D eigenvalue weighted by atomic mass is 10.1. The summed E-state index contributed by atoms with van der Waals surface area (Å²) in [5, 5.41) is 0. The van der Waals surface area contributed by atoms with Gasteiger partial charge in [0.25, 0.3) is 0 Å². The van der Waals surface area contributed by atoms with Crippen molar-refractivity contribution >= 4 is 0 Å². The number of imidazole rings is 1. The molecule has 0 atom stereocenters. The minimum absolute atomic E-state index is 0.402. The molecule has 128 valence electrons. The number of H-pyrrole nitrogens is 1. The standard InChI is InChI=1S/C22H18N2O2/c1-3-7-18(8-4-1)25-16-22-23-15-21(24-22)17-11-13-20(14-12-17)26-19-9-5-2-6-10-19/h1-15H,16H2,(H,23,24). The van der Waals surface area contributed by atoms with Gasteiger partial charge >= 0.3 is 0 Å². The van der Waals surface area contributed by atoms with Crippen LogP contribution in [-0.4, -0.2) is 9.97 Å². The van der Waals surface area contributed by atoms with Crippen molar-refractivity contribution in [2.24, 2.45) is 0 Å². The number of aromatic nitrogens is 2. The molecule has 1 aromatic heterocycles. The van der Waals surface area contributed by atoms with Gasteiger partial charge in [-0.2, -0.15) is 0 Å². The second-order valence-electron chi connectivity index (χ2n) is 5.77. The number of nitrogens with one attached hydrogen (secondary N) is 1. The Morgan fingerprint density at radius 2 is 1.31 bits per heavy atom. The van der Waals surface area contributed by atoms with Crippen LogP contribution >= 0.6 is 0 Å². The Morgan fingerprint density at radius 1 is 0.692 bits per heavy atom. The van der Waals surface area contributed by atoms with Gasteiger partial charge in [-0.3, -0.25) is 0 Å². The normalized spacial score (nSPS) is 10.5. The van der Waals surface area contributed by atoms with E-state index in [-0.39, 0.29) is 0 Å². The average Bonchev–Trinajstić information content (AvgIpc) is 3.18. The summed E-state index contributed by atoms with van der Waals surface area (Å²) in [7, 11) is 0. The highest BCUT2D eigenvalue weighted by molar-refractivity contribution is 5.59. The number of benzene rings is 3. The van der Waals surface area contributed by atoms with Gasteiger partial charge in [0.1, 0.15) is 29.7 Å². The van der Waals surface area contributed by atoms with E-state index >= 15 is 0 Å². The molecule has 0 aliphatic heterocycles. The lowest BCUT2D eigenvalue weighted by Gasteiger charge is -2.05. The second kappa shape index (κ2) is 7.57. The van der Waals surface area contributed by atoms with E-state index in [1.807, 2.05) is 91.1 Å². The fourth-order valence-corrected chi connectivity index (χ4v) is 2.57. The number of nitrogens with zero attached hydrogens (tertiary/aromatic N) is 1. The maximum atomic E-state index is 5.81. The molecule has 0 saturated carbocycles. The number of hydrogen-bond acceptors (Lipinski definition) is 3. The molecule has 0 radical (unpaired) electrons. The van der Waals surface area contributed by atoms with Crippen LogP contribution in [0.4, 0.5) is 0 Å². The highest BCUT2D eigenvalue weighted by Gasteiger charge is 2.05. The fraction of sp³-hybridized carbons (Fsp3) is 0.0455. The van der Waals surface area contributed by atoms with Gasteiger partial charge in [-0.1, -0.05) is 36.4 Å².